The van der Waals surface area contributed by atoms with Gasteiger partial charge in [0.05, 0.1) is 77.7 Å². The predicted molar refractivity (Wildman–Crippen MR) is 194 cm³/mol. The summed E-state index contributed by atoms with van der Waals surface area (Å²) in [5.74, 6) is -5.32. The monoisotopic (exact) mass is 792 g/mol. The molecule has 0 radical (unpaired) electrons. The number of hydrogen-bond donors (Lipinski definition) is 8. The van der Waals surface area contributed by atoms with Crippen molar-refractivity contribution in [2.75, 3.05) is 79.1 Å². The normalized spacial score (nSPS) is 20.9. The lowest BCUT2D eigenvalue weighted by Crippen LogP contribution is -2.68. The van der Waals surface area contributed by atoms with E-state index in [1.165, 1.54) is 12.1 Å². The third-order valence-electron chi connectivity index (χ3n) is 8.14. The zero-order valence-electron chi connectivity index (χ0n) is 30.8. The van der Waals surface area contributed by atoms with Crippen LogP contribution in [-0.2, 0) is 42.8 Å². The standard InChI is InChI=1S/C35H57ClN4O14/c1-24(41)40-30-27(42)22-35(34(47)48,54-32(30)31(45)28(43)23-39-33(46)25-7-6-8-26(36)21-25)53-12-5-3-2-4-9-29(44)38-11-14-50-16-18-52-20-19-51-17-15-49-13-10-37/h6-8,21,27-28,30-32,42-43,45H,2-5,9-20,22-23,37H2,1H3,(H,38,44)(H,39,46)(H,40,41)(H,47,48)/t27-,28+,30+,31+,32+,35+/m0/s1. The van der Waals surface area contributed by atoms with E-state index < -0.39 is 67.0 Å². The van der Waals surface area contributed by atoms with Gasteiger partial charge in [0.1, 0.15) is 12.2 Å². The third kappa shape index (κ3) is 18.1. The maximum Gasteiger partial charge on any atom is 0.364 e. The molecule has 0 aliphatic carbocycles. The second-order valence-corrected chi connectivity index (χ2v) is 13.0. The number of carboxylic acid groups (broad SMARTS) is 1. The summed E-state index contributed by atoms with van der Waals surface area (Å²) >= 11 is 5.93. The third-order valence-corrected chi connectivity index (χ3v) is 8.37. The Morgan fingerprint density at radius 1 is 0.926 bits per heavy atom. The van der Waals surface area contributed by atoms with Crippen LogP contribution >= 0.6 is 11.6 Å². The van der Waals surface area contributed by atoms with Crippen LogP contribution in [0.5, 0.6) is 0 Å². The van der Waals surface area contributed by atoms with Crippen molar-refractivity contribution in [1.82, 2.24) is 16.0 Å². The fraction of sp³-hybridized carbons (Fsp3) is 0.714. The summed E-state index contributed by atoms with van der Waals surface area (Å²) < 4.78 is 32.8. The number of carbonyl (C=O) groups is 4. The smallest absolute Gasteiger partial charge is 0.364 e. The molecule has 1 fully saturated rings. The zero-order chi connectivity index (χ0) is 39.8. The summed E-state index contributed by atoms with van der Waals surface area (Å²) in [6.07, 6.45) is -4.85. The molecule has 9 N–H and O–H groups in total. The first-order valence-electron chi connectivity index (χ1n) is 18.1. The van der Waals surface area contributed by atoms with Gasteiger partial charge in [-0.15, -0.1) is 0 Å². The minimum absolute atomic E-state index is 0.102. The van der Waals surface area contributed by atoms with E-state index in [9.17, 15) is 39.6 Å². The van der Waals surface area contributed by atoms with Gasteiger partial charge in [0.25, 0.3) is 11.7 Å². The highest BCUT2D eigenvalue weighted by molar-refractivity contribution is 6.30. The Kier molecular flexibility index (Phi) is 23.3. The van der Waals surface area contributed by atoms with Crippen LogP contribution in [0.1, 0.15) is 55.8 Å². The molecule has 6 atom stereocenters. The molecule has 18 nitrogen and oxygen atoms in total. The number of aliphatic carboxylic acids is 1. The molecule has 0 aromatic heterocycles. The molecule has 0 unspecified atom stereocenters. The second kappa shape index (κ2) is 26.7. The summed E-state index contributed by atoms with van der Waals surface area (Å²) in [4.78, 5) is 49.0. The molecule has 1 aromatic rings. The number of aliphatic hydroxyl groups is 3. The summed E-state index contributed by atoms with van der Waals surface area (Å²) in [6, 6.07) is 4.73. The SMILES string of the molecule is CC(=O)N[C@H]1[C@H]([C@H](O)[C@H](O)CNC(=O)c2cccc(Cl)c2)O[C@@](OCCCCCCC(=O)NCCOCCOCCOCCOCCN)(C(=O)O)C[C@@H]1O. The summed E-state index contributed by atoms with van der Waals surface area (Å²) in [5.41, 5.74) is 5.53. The van der Waals surface area contributed by atoms with Crippen molar-refractivity contribution in [1.29, 1.82) is 0 Å². The molecule has 0 bridgehead atoms. The number of carbonyl (C=O) groups excluding carboxylic acids is 3. The largest absolute Gasteiger partial charge is 0.477 e. The molecule has 0 spiro atoms. The van der Waals surface area contributed by atoms with Crippen LogP contribution < -0.4 is 21.7 Å². The minimum Gasteiger partial charge on any atom is -0.477 e. The fourth-order valence-electron chi connectivity index (χ4n) is 5.39. The number of halogens is 1. The summed E-state index contributed by atoms with van der Waals surface area (Å²) in [6.45, 7) is 4.90. The Labute approximate surface area is 320 Å². The van der Waals surface area contributed by atoms with Crippen molar-refractivity contribution >= 4 is 35.3 Å². The molecular formula is C35H57ClN4O14. The number of hydrogen-bond acceptors (Lipinski definition) is 14. The van der Waals surface area contributed by atoms with E-state index in [0.29, 0.717) is 103 Å². The van der Waals surface area contributed by atoms with E-state index in [-0.39, 0.29) is 18.1 Å². The Morgan fingerprint density at radius 3 is 2.17 bits per heavy atom. The first-order chi connectivity index (χ1) is 25.9. The number of aliphatic hydroxyl groups excluding tert-OH is 3. The van der Waals surface area contributed by atoms with Crippen LogP contribution in [-0.4, -0.2) is 159 Å². The highest BCUT2D eigenvalue weighted by Gasteiger charge is 2.55. The molecular weight excluding hydrogens is 736 g/mol. The Hall–Kier alpha value is -3.01. The molecule has 1 saturated heterocycles. The van der Waals surface area contributed by atoms with Crippen molar-refractivity contribution in [3.8, 4) is 0 Å². The average molecular weight is 793 g/mol. The van der Waals surface area contributed by atoms with Gasteiger partial charge in [-0.05, 0) is 31.0 Å². The molecule has 54 heavy (non-hydrogen) atoms. The van der Waals surface area contributed by atoms with Gasteiger partial charge in [-0.1, -0.05) is 30.5 Å². The number of rotatable bonds is 29. The molecule has 3 amide bonds. The van der Waals surface area contributed by atoms with E-state index in [1.54, 1.807) is 12.1 Å². The molecule has 0 saturated carbocycles. The minimum atomic E-state index is -2.41. The Bertz CT molecular complexity index is 1270. The van der Waals surface area contributed by atoms with Crippen molar-refractivity contribution in [2.45, 2.75) is 81.7 Å². The van der Waals surface area contributed by atoms with E-state index >= 15 is 0 Å². The fourth-order valence-corrected chi connectivity index (χ4v) is 5.58. The van der Waals surface area contributed by atoms with E-state index in [1.807, 2.05) is 0 Å². The number of nitrogens with two attached hydrogens (primary N) is 1. The van der Waals surface area contributed by atoms with Gasteiger partial charge in [-0.3, -0.25) is 14.4 Å². The highest BCUT2D eigenvalue weighted by Crippen LogP contribution is 2.34. The van der Waals surface area contributed by atoms with Gasteiger partial charge in [-0.2, -0.15) is 0 Å². The first kappa shape index (κ1) is 47.1. The molecule has 1 aliphatic rings. The lowest BCUT2D eigenvalue weighted by molar-refractivity contribution is -0.310. The molecule has 1 aromatic carbocycles. The van der Waals surface area contributed by atoms with Crippen LogP contribution in [0, 0.1) is 0 Å². The van der Waals surface area contributed by atoms with E-state index in [2.05, 4.69) is 16.0 Å². The lowest BCUT2D eigenvalue weighted by atomic mass is 9.88. The topological polar surface area (TPSA) is 267 Å². The number of benzene rings is 1. The van der Waals surface area contributed by atoms with Gasteiger partial charge in [0.2, 0.25) is 11.8 Å². The Balaban J connectivity index is 1.70. The first-order valence-corrected chi connectivity index (χ1v) is 18.5. The second-order valence-electron chi connectivity index (χ2n) is 12.5. The maximum absolute atomic E-state index is 12.5. The maximum atomic E-state index is 12.5. The molecule has 308 valence electrons. The molecule has 2 rings (SSSR count). The highest BCUT2D eigenvalue weighted by atomic mass is 35.5. The summed E-state index contributed by atoms with van der Waals surface area (Å²) in [5, 5.41) is 50.8. The summed E-state index contributed by atoms with van der Waals surface area (Å²) in [7, 11) is 0. The zero-order valence-corrected chi connectivity index (χ0v) is 31.5. The molecule has 19 heteroatoms. The van der Waals surface area contributed by atoms with Crippen LogP contribution in [0.25, 0.3) is 0 Å². The van der Waals surface area contributed by atoms with Gasteiger partial charge in [-0.25, -0.2) is 4.79 Å². The van der Waals surface area contributed by atoms with Gasteiger partial charge in [0.15, 0.2) is 0 Å². The predicted octanol–water partition coefficient (Wildman–Crippen LogP) is -0.665. The molecule has 1 heterocycles. The van der Waals surface area contributed by atoms with Gasteiger partial charge < -0.3 is 70.5 Å². The number of unbranched alkanes of at least 4 members (excludes halogenated alkanes) is 3. The van der Waals surface area contributed by atoms with Crippen molar-refractivity contribution < 1.29 is 68.0 Å². The van der Waals surface area contributed by atoms with Crippen molar-refractivity contribution in [3.05, 3.63) is 34.9 Å². The molecule has 1 aliphatic heterocycles. The van der Waals surface area contributed by atoms with Crippen LogP contribution in [0.4, 0.5) is 0 Å². The number of nitrogens with one attached hydrogen (secondary N) is 3. The van der Waals surface area contributed by atoms with E-state index in [0.717, 1.165) is 6.92 Å². The van der Waals surface area contributed by atoms with Crippen molar-refractivity contribution in [2.24, 2.45) is 5.73 Å². The van der Waals surface area contributed by atoms with Crippen molar-refractivity contribution in [3.63, 3.8) is 0 Å². The quantitative estimate of drug-likeness (QED) is 0.0468. The number of amides is 3. The van der Waals surface area contributed by atoms with Gasteiger partial charge in [0, 0.05) is 50.0 Å². The number of ether oxygens (including phenoxy) is 6. The van der Waals surface area contributed by atoms with E-state index in [4.69, 9.17) is 45.8 Å². The van der Waals surface area contributed by atoms with Crippen LogP contribution in [0.3, 0.4) is 0 Å². The Morgan fingerprint density at radius 2 is 1.56 bits per heavy atom. The average Bonchev–Trinajstić information content (AvgIpc) is 3.13. The van der Waals surface area contributed by atoms with Crippen LogP contribution in [0.15, 0.2) is 24.3 Å². The van der Waals surface area contributed by atoms with Gasteiger partial charge >= 0.3 is 5.97 Å². The van der Waals surface area contributed by atoms with Crippen LogP contribution in [0.2, 0.25) is 5.02 Å². The lowest BCUT2D eigenvalue weighted by Gasteiger charge is -2.46. The number of carboxylic acids is 1.